The van der Waals surface area contributed by atoms with Gasteiger partial charge in [-0.3, -0.25) is 4.79 Å². The maximum absolute atomic E-state index is 12.6. The maximum atomic E-state index is 12.6. The van der Waals surface area contributed by atoms with Crippen LogP contribution in [0.15, 0.2) is 12.7 Å². The number of halogens is 1. The number of hydrogen-bond acceptors (Lipinski definition) is 2. The molecule has 4 rings (SSSR count). The van der Waals surface area contributed by atoms with Crippen molar-refractivity contribution in [2.75, 3.05) is 33.7 Å². The summed E-state index contributed by atoms with van der Waals surface area (Å²) in [4.78, 5) is 12.6. The zero-order valence-electron chi connectivity index (χ0n) is 23.9. The fraction of sp³-hybridized carbons (Fsp3) is 0.903. The zero-order chi connectivity index (χ0) is 25.4. The molecule has 9 atom stereocenters. The summed E-state index contributed by atoms with van der Waals surface area (Å²) in [5.41, 5.74) is 0.921. The number of quaternary nitrogens is 1. The lowest BCUT2D eigenvalue weighted by atomic mass is 9.44. The first-order valence-corrected chi connectivity index (χ1v) is 14.9. The Morgan fingerprint density at radius 2 is 1.78 bits per heavy atom. The average molecular weight is 568 g/mol. The van der Waals surface area contributed by atoms with E-state index in [-0.39, 0.29) is 29.0 Å². The van der Waals surface area contributed by atoms with Crippen LogP contribution in [-0.2, 0) is 4.79 Å². The number of rotatable bonds is 9. The van der Waals surface area contributed by atoms with Crippen LogP contribution in [0.5, 0.6) is 0 Å². The molecule has 0 saturated heterocycles. The van der Waals surface area contributed by atoms with Crippen LogP contribution in [0.3, 0.4) is 0 Å². The molecule has 4 aliphatic carbocycles. The maximum Gasteiger partial charge on any atom is 0.220 e. The van der Waals surface area contributed by atoms with Crippen LogP contribution >= 0.6 is 0 Å². The van der Waals surface area contributed by atoms with Gasteiger partial charge >= 0.3 is 0 Å². The van der Waals surface area contributed by atoms with Gasteiger partial charge in [0.05, 0.1) is 39.8 Å². The number of likely N-dealkylation sites (N-methyl/N-ethyl adjacent to an activating group) is 1. The molecular weight excluding hydrogens is 512 g/mol. The van der Waals surface area contributed by atoms with Crippen LogP contribution in [0, 0.1) is 46.3 Å². The lowest BCUT2D eigenvalue weighted by Gasteiger charge is -2.61. The van der Waals surface area contributed by atoms with Crippen LogP contribution in [0.2, 0.25) is 0 Å². The summed E-state index contributed by atoms with van der Waals surface area (Å²) in [6.07, 6.45) is 15.2. The molecule has 4 aliphatic rings. The predicted molar refractivity (Wildman–Crippen MR) is 145 cm³/mol. The normalized spacial score (nSPS) is 40.7. The molecule has 0 heterocycles. The first-order valence-electron chi connectivity index (χ1n) is 14.9. The molecule has 36 heavy (non-hydrogen) atoms. The van der Waals surface area contributed by atoms with Gasteiger partial charge in [0.2, 0.25) is 5.91 Å². The fourth-order valence-electron chi connectivity index (χ4n) is 9.80. The molecule has 0 aromatic rings. The van der Waals surface area contributed by atoms with E-state index in [9.17, 15) is 9.90 Å². The van der Waals surface area contributed by atoms with E-state index in [2.05, 4.69) is 46.8 Å². The highest BCUT2D eigenvalue weighted by Gasteiger charge is 2.60. The van der Waals surface area contributed by atoms with Gasteiger partial charge in [-0.05, 0) is 117 Å². The second kappa shape index (κ2) is 11.8. The molecule has 4 fully saturated rings. The largest absolute Gasteiger partial charge is 1.00 e. The average Bonchev–Trinajstić information content (AvgIpc) is 3.15. The lowest BCUT2D eigenvalue weighted by Crippen LogP contribution is -3.00. The number of nitrogens with zero attached hydrogens (tertiary/aromatic N) is 1. The summed E-state index contributed by atoms with van der Waals surface area (Å²) in [6, 6.07) is 0. The molecule has 0 bridgehead atoms. The molecule has 0 aromatic heterocycles. The molecule has 5 unspecified atom stereocenters. The van der Waals surface area contributed by atoms with E-state index in [1.807, 2.05) is 6.08 Å². The minimum atomic E-state index is -0.0508. The SMILES string of the molecule is C=CC[N+](C)(C)CCNC(=O)CCC(C)[C@H]1CCC2C3CCC4C[C@H](O)CC[C@]4(C)C3CC[C@@]21C.[Br-]. The predicted octanol–water partition coefficient (Wildman–Crippen LogP) is 2.81. The van der Waals surface area contributed by atoms with E-state index in [4.69, 9.17) is 0 Å². The summed E-state index contributed by atoms with van der Waals surface area (Å²) in [5, 5.41) is 13.5. The van der Waals surface area contributed by atoms with E-state index in [0.717, 1.165) is 73.0 Å². The smallest absolute Gasteiger partial charge is 0.220 e. The number of aliphatic hydroxyl groups is 1. The summed E-state index contributed by atoms with van der Waals surface area (Å²) in [5.74, 6) is 4.99. The number of aliphatic hydroxyl groups excluding tert-OH is 1. The Hall–Kier alpha value is -0.390. The number of amides is 1. The number of fused-ring (bicyclic) bond motifs is 5. The van der Waals surface area contributed by atoms with Crippen molar-refractivity contribution in [3.05, 3.63) is 12.7 Å². The van der Waals surface area contributed by atoms with Crippen LogP contribution in [0.4, 0.5) is 0 Å². The van der Waals surface area contributed by atoms with Crippen LogP contribution in [-0.4, -0.2) is 55.3 Å². The Balaban J connectivity index is 0.00000361. The van der Waals surface area contributed by atoms with Crippen molar-refractivity contribution >= 4 is 5.91 Å². The highest BCUT2D eigenvalue weighted by molar-refractivity contribution is 5.75. The van der Waals surface area contributed by atoms with Crippen LogP contribution in [0.1, 0.15) is 91.4 Å². The van der Waals surface area contributed by atoms with Crippen molar-refractivity contribution in [2.45, 2.75) is 97.5 Å². The zero-order valence-corrected chi connectivity index (χ0v) is 25.5. The van der Waals surface area contributed by atoms with Crippen molar-refractivity contribution in [2.24, 2.45) is 46.3 Å². The molecule has 1 amide bonds. The van der Waals surface area contributed by atoms with Gasteiger partial charge in [0, 0.05) is 6.42 Å². The summed E-state index contributed by atoms with van der Waals surface area (Å²) in [7, 11) is 4.37. The van der Waals surface area contributed by atoms with Gasteiger partial charge in [-0.1, -0.05) is 27.4 Å². The van der Waals surface area contributed by atoms with E-state index < -0.39 is 0 Å². The van der Waals surface area contributed by atoms with Gasteiger partial charge in [0.1, 0.15) is 0 Å². The lowest BCUT2D eigenvalue weighted by molar-refractivity contribution is -0.883. The quantitative estimate of drug-likeness (QED) is 0.333. The highest BCUT2D eigenvalue weighted by atomic mass is 79.9. The van der Waals surface area contributed by atoms with E-state index in [0.29, 0.717) is 23.2 Å². The molecule has 0 aliphatic heterocycles. The van der Waals surface area contributed by atoms with Crippen molar-refractivity contribution in [1.82, 2.24) is 5.32 Å². The standard InChI is InChI=1S/C31H54N2O2.BrH/c1-7-19-33(5,6)20-18-32-29(35)13-8-22(2)26-11-12-27-25-10-9-23-21-24(34)14-16-30(23,3)28(25)15-17-31(26,27)4;/h7,22-28,34H,1,8-21H2,2-6H3;1H/t22?,23?,24-,25?,26-,27?,28?,30+,31-;/m1./s1. The molecule has 208 valence electrons. The van der Waals surface area contributed by atoms with Crippen molar-refractivity contribution in [1.29, 1.82) is 0 Å². The second-order valence-corrected chi connectivity index (χ2v) is 14.3. The third-order valence-corrected chi connectivity index (χ3v) is 11.9. The van der Waals surface area contributed by atoms with Gasteiger partial charge in [-0.15, -0.1) is 0 Å². The van der Waals surface area contributed by atoms with Crippen LogP contribution < -0.4 is 22.3 Å². The Bertz CT molecular complexity index is 772. The van der Waals surface area contributed by atoms with E-state index in [1.165, 1.54) is 44.9 Å². The van der Waals surface area contributed by atoms with Crippen molar-refractivity contribution in [3.8, 4) is 0 Å². The van der Waals surface area contributed by atoms with Crippen molar-refractivity contribution in [3.63, 3.8) is 0 Å². The first kappa shape index (κ1) is 30.2. The third kappa shape index (κ3) is 5.93. The summed E-state index contributed by atoms with van der Waals surface area (Å²) < 4.78 is 0.866. The number of nitrogens with one attached hydrogen (secondary N) is 1. The second-order valence-electron chi connectivity index (χ2n) is 14.3. The minimum Gasteiger partial charge on any atom is -1.00 e. The topological polar surface area (TPSA) is 49.3 Å². The van der Waals surface area contributed by atoms with E-state index >= 15 is 0 Å². The Kier molecular flexibility index (Phi) is 9.87. The molecule has 5 heteroatoms. The van der Waals surface area contributed by atoms with Gasteiger partial charge in [0.15, 0.2) is 0 Å². The third-order valence-electron chi connectivity index (χ3n) is 11.9. The van der Waals surface area contributed by atoms with Gasteiger partial charge < -0.3 is 31.9 Å². The Morgan fingerprint density at radius 1 is 1.08 bits per heavy atom. The highest BCUT2D eigenvalue weighted by Crippen LogP contribution is 2.68. The molecule has 0 spiro atoms. The van der Waals surface area contributed by atoms with Crippen LogP contribution in [0.25, 0.3) is 0 Å². The van der Waals surface area contributed by atoms with E-state index in [1.54, 1.807) is 0 Å². The molecule has 4 nitrogen and oxygen atoms in total. The van der Waals surface area contributed by atoms with Gasteiger partial charge in [0.25, 0.3) is 0 Å². The Morgan fingerprint density at radius 3 is 2.50 bits per heavy atom. The Labute approximate surface area is 232 Å². The minimum absolute atomic E-state index is 0. The summed E-state index contributed by atoms with van der Waals surface area (Å²) >= 11 is 0. The molecule has 0 aromatic carbocycles. The fourth-order valence-corrected chi connectivity index (χ4v) is 9.80. The van der Waals surface area contributed by atoms with Gasteiger partial charge in [-0.25, -0.2) is 0 Å². The monoisotopic (exact) mass is 566 g/mol. The molecule has 0 radical (unpaired) electrons. The first-order chi connectivity index (χ1) is 16.5. The molecule has 4 saturated carbocycles. The summed E-state index contributed by atoms with van der Waals surface area (Å²) in [6.45, 7) is 14.1. The molecular formula is C31H55BrN2O2. The number of hydrogen-bond donors (Lipinski definition) is 2. The number of carbonyl (C=O) groups excluding carboxylic acids is 1. The van der Waals surface area contributed by atoms with Crippen molar-refractivity contribution < 1.29 is 31.4 Å². The number of carbonyl (C=O) groups is 1. The molecule has 2 N–H and O–H groups in total. The van der Waals surface area contributed by atoms with Gasteiger partial charge in [-0.2, -0.15) is 0 Å².